The molecule has 1 aromatic carbocycles. The lowest BCUT2D eigenvalue weighted by atomic mass is 9.75. The number of carbonyl (C=O) groups is 1. The SMILES string of the molecule is CC1=C(C)C[C@](C(=O)O[C@@H]2C[C@@H](C)CC[C@H]2C(C)C)(c2ccccc2)[S@](=O)C1. The van der Waals surface area contributed by atoms with Crippen molar-refractivity contribution in [1.29, 1.82) is 0 Å². The van der Waals surface area contributed by atoms with Crippen molar-refractivity contribution >= 4 is 16.8 Å². The highest BCUT2D eigenvalue weighted by molar-refractivity contribution is 7.87. The maximum absolute atomic E-state index is 13.7. The van der Waals surface area contributed by atoms with Crippen LogP contribution < -0.4 is 0 Å². The first kappa shape index (κ1) is 21.3. The van der Waals surface area contributed by atoms with Gasteiger partial charge in [0.25, 0.3) is 0 Å². The molecule has 0 bridgehead atoms. The molecule has 1 fully saturated rings. The monoisotopic (exact) mass is 402 g/mol. The van der Waals surface area contributed by atoms with Crippen LogP contribution in [0.3, 0.4) is 0 Å². The molecule has 5 atom stereocenters. The molecule has 1 aromatic rings. The number of benzene rings is 1. The lowest BCUT2D eigenvalue weighted by Gasteiger charge is -2.41. The molecule has 0 radical (unpaired) electrons. The van der Waals surface area contributed by atoms with Gasteiger partial charge in [0, 0.05) is 23.0 Å². The molecule has 154 valence electrons. The normalized spacial score (nSPS) is 33.8. The molecule has 0 aromatic heterocycles. The van der Waals surface area contributed by atoms with Crippen molar-refractivity contribution in [2.24, 2.45) is 17.8 Å². The van der Waals surface area contributed by atoms with E-state index in [1.807, 2.05) is 37.3 Å². The Balaban J connectivity index is 1.97. The Morgan fingerprint density at radius 3 is 2.46 bits per heavy atom. The summed E-state index contributed by atoms with van der Waals surface area (Å²) in [5, 5.41) is 0. The molecule has 1 saturated carbocycles. The summed E-state index contributed by atoms with van der Waals surface area (Å²) >= 11 is 0. The van der Waals surface area contributed by atoms with Gasteiger partial charge in [-0.05, 0) is 50.0 Å². The van der Waals surface area contributed by atoms with Crippen molar-refractivity contribution < 1.29 is 13.7 Å². The van der Waals surface area contributed by atoms with Gasteiger partial charge < -0.3 is 4.74 Å². The third-order valence-electron chi connectivity index (χ3n) is 6.77. The van der Waals surface area contributed by atoms with E-state index < -0.39 is 15.5 Å². The minimum absolute atomic E-state index is 0.0823. The maximum Gasteiger partial charge on any atom is 0.330 e. The van der Waals surface area contributed by atoms with E-state index in [-0.39, 0.29) is 12.1 Å². The Hall–Kier alpha value is -1.42. The van der Waals surface area contributed by atoms with Crippen LogP contribution in [0.4, 0.5) is 0 Å². The second-order valence-electron chi connectivity index (χ2n) is 9.19. The van der Waals surface area contributed by atoms with Gasteiger partial charge in [0.1, 0.15) is 6.10 Å². The summed E-state index contributed by atoms with van der Waals surface area (Å²) in [7, 11) is -1.34. The van der Waals surface area contributed by atoms with Crippen LogP contribution in [0.2, 0.25) is 0 Å². The third kappa shape index (κ3) is 3.98. The predicted octanol–water partition coefficient (Wildman–Crippen LogP) is 5.37. The van der Waals surface area contributed by atoms with E-state index >= 15 is 0 Å². The number of allylic oxidation sites excluding steroid dienone is 1. The van der Waals surface area contributed by atoms with E-state index in [9.17, 15) is 9.00 Å². The lowest BCUT2D eigenvalue weighted by Crippen LogP contribution is -2.48. The molecule has 2 aliphatic rings. The Kier molecular flexibility index (Phi) is 6.48. The molecule has 3 rings (SSSR count). The van der Waals surface area contributed by atoms with E-state index in [2.05, 4.69) is 27.7 Å². The van der Waals surface area contributed by atoms with Gasteiger partial charge in [-0.3, -0.25) is 9.00 Å². The topological polar surface area (TPSA) is 43.4 Å². The van der Waals surface area contributed by atoms with Gasteiger partial charge in [-0.15, -0.1) is 0 Å². The molecule has 0 saturated heterocycles. The first-order chi connectivity index (χ1) is 13.3. The van der Waals surface area contributed by atoms with Gasteiger partial charge in [0.05, 0.1) is 0 Å². The zero-order valence-corrected chi connectivity index (χ0v) is 18.7. The Morgan fingerprint density at radius 1 is 1.14 bits per heavy atom. The molecule has 1 heterocycles. The fraction of sp³-hybridized carbons (Fsp3) is 0.625. The van der Waals surface area contributed by atoms with Crippen LogP contribution in [-0.4, -0.2) is 22.0 Å². The molecule has 4 heteroatoms. The van der Waals surface area contributed by atoms with Crippen molar-refractivity contribution in [3.05, 3.63) is 47.0 Å². The zero-order chi connectivity index (χ0) is 20.5. The maximum atomic E-state index is 13.7. The van der Waals surface area contributed by atoms with Crippen LogP contribution in [0.1, 0.15) is 65.9 Å². The van der Waals surface area contributed by atoms with Gasteiger partial charge in [-0.2, -0.15) is 0 Å². The average molecular weight is 403 g/mol. The molecule has 28 heavy (non-hydrogen) atoms. The summed E-state index contributed by atoms with van der Waals surface area (Å²) in [4.78, 5) is 13.7. The van der Waals surface area contributed by atoms with Gasteiger partial charge >= 0.3 is 5.97 Å². The van der Waals surface area contributed by atoms with Crippen molar-refractivity contribution in [3.8, 4) is 0 Å². The van der Waals surface area contributed by atoms with Crippen LogP contribution in [-0.2, 0) is 25.1 Å². The summed E-state index contributed by atoms with van der Waals surface area (Å²) < 4.78 is 18.6. The molecule has 3 nitrogen and oxygen atoms in total. The van der Waals surface area contributed by atoms with E-state index in [0.29, 0.717) is 29.9 Å². The summed E-state index contributed by atoms with van der Waals surface area (Å²) in [6, 6.07) is 9.62. The zero-order valence-electron chi connectivity index (χ0n) is 17.9. The van der Waals surface area contributed by atoms with E-state index in [0.717, 1.165) is 29.6 Å². The highest BCUT2D eigenvalue weighted by Gasteiger charge is 2.51. The van der Waals surface area contributed by atoms with Crippen LogP contribution in [0.15, 0.2) is 41.5 Å². The van der Waals surface area contributed by atoms with Crippen molar-refractivity contribution in [2.75, 3.05) is 5.75 Å². The van der Waals surface area contributed by atoms with Crippen LogP contribution in [0.5, 0.6) is 0 Å². The number of esters is 1. The molecule has 0 amide bonds. The van der Waals surface area contributed by atoms with Gasteiger partial charge in [0.2, 0.25) is 0 Å². The average Bonchev–Trinajstić information content (AvgIpc) is 2.65. The minimum atomic E-state index is -1.34. The van der Waals surface area contributed by atoms with Crippen LogP contribution >= 0.6 is 0 Å². The number of rotatable bonds is 4. The quantitative estimate of drug-likeness (QED) is 0.502. The fourth-order valence-electron chi connectivity index (χ4n) is 4.75. The molecule has 1 aliphatic heterocycles. The second kappa shape index (κ2) is 8.52. The Labute approximate surface area is 172 Å². The first-order valence-electron chi connectivity index (χ1n) is 10.6. The second-order valence-corrected chi connectivity index (χ2v) is 10.9. The van der Waals surface area contributed by atoms with Crippen LogP contribution in [0, 0.1) is 17.8 Å². The highest BCUT2D eigenvalue weighted by Crippen LogP contribution is 2.43. The number of carbonyl (C=O) groups excluding carboxylic acids is 1. The van der Waals surface area contributed by atoms with E-state index in [1.165, 1.54) is 6.42 Å². The van der Waals surface area contributed by atoms with Gasteiger partial charge in [-0.25, -0.2) is 0 Å². The largest absolute Gasteiger partial charge is 0.461 e. The molecule has 1 aliphatic carbocycles. The lowest BCUT2D eigenvalue weighted by molar-refractivity contribution is -0.159. The highest BCUT2D eigenvalue weighted by atomic mass is 32.2. The summed E-state index contributed by atoms with van der Waals surface area (Å²) in [5.41, 5.74) is 3.09. The van der Waals surface area contributed by atoms with Crippen molar-refractivity contribution in [2.45, 2.75) is 71.2 Å². The summed E-state index contributed by atoms with van der Waals surface area (Å²) in [5.74, 6) is 1.54. The van der Waals surface area contributed by atoms with Crippen LogP contribution in [0.25, 0.3) is 0 Å². The first-order valence-corrected chi connectivity index (χ1v) is 11.9. The molecule has 0 spiro atoms. The van der Waals surface area contributed by atoms with Crippen molar-refractivity contribution in [3.63, 3.8) is 0 Å². The smallest absolute Gasteiger partial charge is 0.330 e. The number of ether oxygens (including phenoxy) is 1. The Bertz CT molecular complexity index is 767. The van der Waals surface area contributed by atoms with E-state index in [4.69, 9.17) is 4.74 Å². The summed E-state index contributed by atoms with van der Waals surface area (Å²) in [6.07, 6.45) is 3.58. The van der Waals surface area contributed by atoms with Gasteiger partial charge in [0.15, 0.2) is 4.75 Å². The number of hydrogen-bond donors (Lipinski definition) is 0. The minimum Gasteiger partial charge on any atom is -0.461 e. The molecular weight excluding hydrogens is 368 g/mol. The van der Waals surface area contributed by atoms with E-state index in [1.54, 1.807) is 0 Å². The van der Waals surface area contributed by atoms with Gasteiger partial charge in [-0.1, -0.05) is 68.7 Å². The Morgan fingerprint density at radius 2 is 1.82 bits per heavy atom. The summed E-state index contributed by atoms with van der Waals surface area (Å²) in [6.45, 7) is 10.7. The van der Waals surface area contributed by atoms with Crippen molar-refractivity contribution in [1.82, 2.24) is 0 Å². The molecule has 0 unspecified atom stereocenters. The molecular formula is C24H34O3S. The fourth-order valence-corrected chi connectivity index (χ4v) is 6.65. The third-order valence-corrected chi connectivity index (χ3v) is 8.79. The molecule has 0 N–H and O–H groups in total. The standard InChI is InChI=1S/C24H34O3S/c1-16(2)21-12-11-17(3)13-22(21)27-23(25)24(20-9-7-6-8-10-20)14-18(4)19(5)15-28(24)26/h6-10,16-17,21-22H,11-15H2,1-5H3/t17-,21-,22+,24+,28+/m0/s1. The predicted molar refractivity (Wildman–Crippen MR) is 115 cm³/mol. The number of hydrogen-bond acceptors (Lipinski definition) is 3.